The van der Waals surface area contributed by atoms with Gasteiger partial charge in [0.2, 0.25) is 0 Å². The monoisotopic (exact) mass is 386 g/mol. The van der Waals surface area contributed by atoms with E-state index in [4.69, 9.17) is 16.3 Å². The Hall–Kier alpha value is -2.04. The van der Waals surface area contributed by atoms with Crippen LogP contribution in [0.15, 0.2) is 48.5 Å². The molecule has 1 saturated heterocycles. The highest BCUT2D eigenvalue weighted by atomic mass is 35.5. The second-order valence-electron chi connectivity index (χ2n) is 6.86. The number of hydrogen-bond donors (Lipinski definition) is 1. The number of rotatable bonds is 8. The molecule has 5 heteroatoms. The fourth-order valence-corrected chi connectivity index (χ4v) is 3.71. The summed E-state index contributed by atoms with van der Waals surface area (Å²) in [6.45, 7) is 5.36. The summed E-state index contributed by atoms with van der Waals surface area (Å²) in [7, 11) is 0. The van der Waals surface area contributed by atoms with Crippen LogP contribution in [0.1, 0.15) is 48.1 Å². The molecule has 0 saturated carbocycles. The van der Waals surface area contributed by atoms with Crippen molar-refractivity contribution < 1.29 is 9.53 Å². The van der Waals surface area contributed by atoms with Crippen molar-refractivity contribution in [3.63, 3.8) is 0 Å². The van der Waals surface area contributed by atoms with E-state index in [1.54, 1.807) is 12.1 Å². The number of ether oxygens (including phenoxy) is 1. The molecule has 3 rings (SSSR count). The Balaban J connectivity index is 1.66. The van der Waals surface area contributed by atoms with Crippen LogP contribution >= 0.6 is 11.6 Å². The zero-order valence-electron chi connectivity index (χ0n) is 15.8. The third-order valence-corrected chi connectivity index (χ3v) is 5.24. The van der Waals surface area contributed by atoms with Crippen LogP contribution in [0, 0.1) is 0 Å². The molecule has 144 valence electrons. The number of amides is 1. The van der Waals surface area contributed by atoms with Crippen molar-refractivity contribution in [1.29, 1.82) is 0 Å². The van der Waals surface area contributed by atoms with Crippen molar-refractivity contribution in [2.75, 3.05) is 26.2 Å². The number of halogens is 1. The second-order valence-corrected chi connectivity index (χ2v) is 7.27. The van der Waals surface area contributed by atoms with E-state index in [1.165, 1.54) is 12.8 Å². The van der Waals surface area contributed by atoms with Gasteiger partial charge in [-0.15, -0.1) is 0 Å². The van der Waals surface area contributed by atoms with Gasteiger partial charge in [-0.25, -0.2) is 0 Å². The van der Waals surface area contributed by atoms with Crippen LogP contribution in [0.3, 0.4) is 0 Å². The minimum absolute atomic E-state index is 0.0757. The van der Waals surface area contributed by atoms with Crippen LogP contribution in [0.2, 0.25) is 5.02 Å². The Morgan fingerprint density at radius 1 is 1.15 bits per heavy atom. The first kappa shape index (κ1) is 19.7. The number of benzene rings is 2. The maximum Gasteiger partial charge on any atom is 0.251 e. The zero-order chi connectivity index (χ0) is 19.1. The number of carbonyl (C=O) groups excluding carboxylic acids is 1. The number of carbonyl (C=O) groups is 1. The topological polar surface area (TPSA) is 41.6 Å². The van der Waals surface area contributed by atoms with Crippen LogP contribution in [0.5, 0.6) is 5.75 Å². The molecular formula is C22H27ClN2O2. The summed E-state index contributed by atoms with van der Waals surface area (Å²) in [6, 6.07) is 15.3. The predicted molar refractivity (Wildman–Crippen MR) is 110 cm³/mol. The van der Waals surface area contributed by atoms with E-state index >= 15 is 0 Å². The first-order valence-corrected chi connectivity index (χ1v) is 10.1. The van der Waals surface area contributed by atoms with Gasteiger partial charge in [-0.2, -0.15) is 0 Å². The predicted octanol–water partition coefficient (Wildman–Crippen LogP) is 4.70. The van der Waals surface area contributed by atoms with Gasteiger partial charge in [-0.3, -0.25) is 9.69 Å². The van der Waals surface area contributed by atoms with Crippen molar-refractivity contribution in [2.24, 2.45) is 0 Å². The molecule has 1 heterocycles. The highest BCUT2D eigenvalue weighted by Gasteiger charge is 2.25. The smallest absolute Gasteiger partial charge is 0.251 e. The Labute approximate surface area is 166 Å². The van der Waals surface area contributed by atoms with Gasteiger partial charge in [0.1, 0.15) is 5.75 Å². The van der Waals surface area contributed by atoms with Gasteiger partial charge in [0.05, 0.1) is 12.6 Å². The van der Waals surface area contributed by atoms with Gasteiger partial charge in [0.25, 0.3) is 5.91 Å². The summed E-state index contributed by atoms with van der Waals surface area (Å²) < 4.78 is 5.57. The molecule has 0 aromatic heterocycles. The van der Waals surface area contributed by atoms with E-state index in [2.05, 4.69) is 23.2 Å². The summed E-state index contributed by atoms with van der Waals surface area (Å²) >= 11 is 6.44. The molecule has 0 radical (unpaired) electrons. The SMILES string of the molecule is CCCOc1ccc(C(=O)NC[C@H](c2ccccc2Cl)N2CCCC2)cc1. The highest BCUT2D eigenvalue weighted by molar-refractivity contribution is 6.31. The first-order chi connectivity index (χ1) is 13.2. The standard InChI is InChI=1S/C22H27ClN2O2/c1-2-15-27-18-11-9-17(10-12-18)22(26)24-16-21(25-13-5-6-14-25)19-7-3-4-8-20(19)23/h3-4,7-12,21H,2,5-6,13-16H2,1H3,(H,24,26)/t21-/m1/s1. The van der Waals surface area contributed by atoms with Crippen molar-refractivity contribution >= 4 is 17.5 Å². The molecule has 1 atom stereocenters. The lowest BCUT2D eigenvalue weighted by Crippen LogP contribution is -2.37. The Kier molecular flexibility index (Phi) is 7.13. The summed E-state index contributed by atoms with van der Waals surface area (Å²) in [6.07, 6.45) is 3.34. The molecular weight excluding hydrogens is 360 g/mol. The summed E-state index contributed by atoms with van der Waals surface area (Å²) in [5.41, 5.74) is 1.71. The summed E-state index contributed by atoms with van der Waals surface area (Å²) in [5, 5.41) is 3.84. The van der Waals surface area contributed by atoms with E-state index in [0.29, 0.717) is 18.7 Å². The van der Waals surface area contributed by atoms with E-state index in [9.17, 15) is 4.79 Å². The fourth-order valence-electron chi connectivity index (χ4n) is 3.45. The van der Waals surface area contributed by atoms with E-state index in [1.807, 2.05) is 30.3 Å². The molecule has 2 aromatic rings. The van der Waals surface area contributed by atoms with Gasteiger partial charge in [0.15, 0.2) is 0 Å². The molecule has 1 amide bonds. The molecule has 0 bridgehead atoms. The van der Waals surface area contributed by atoms with Crippen LogP contribution in [0.4, 0.5) is 0 Å². The molecule has 1 fully saturated rings. The van der Waals surface area contributed by atoms with Gasteiger partial charge < -0.3 is 10.1 Å². The lowest BCUT2D eigenvalue weighted by atomic mass is 10.0. The van der Waals surface area contributed by atoms with Gasteiger partial charge in [-0.1, -0.05) is 36.7 Å². The average Bonchev–Trinajstić information content (AvgIpc) is 3.22. The molecule has 2 aromatic carbocycles. The number of likely N-dealkylation sites (tertiary alicyclic amines) is 1. The maximum atomic E-state index is 12.6. The van der Waals surface area contributed by atoms with Gasteiger partial charge >= 0.3 is 0 Å². The molecule has 1 N–H and O–H groups in total. The fraction of sp³-hybridized carbons (Fsp3) is 0.409. The largest absolute Gasteiger partial charge is 0.494 e. The third kappa shape index (κ3) is 5.24. The van der Waals surface area contributed by atoms with E-state index < -0.39 is 0 Å². The quantitative estimate of drug-likeness (QED) is 0.715. The van der Waals surface area contributed by atoms with Crippen molar-refractivity contribution in [3.8, 4) is 5.75 Å². The van der Waals surface area contributed by atoms with Gasteiger partial charge in [-0.05, 0) is 68.2 Å². The van der Waals surface area contributed by atoms with Gasteiger partial charge in [0, 0.05) is 17.1 Å². The molecule has 27 heavy (non-hydrogen) atoms. The second kappa shape index (κ2) is 9.77. The van der Waals surface area contributed by atoms with Crippen molar-refractivity contribution in [2.45, 2.75) is 32.2 Å². The molecule has 0 unspecified atom stereocenters. The van der Waals surface area contributed by atoms with Crippen LogP contribution < -0.4 is 10.1 Å². The minimum Gasteiger partial charge on any atom is -0.494 e. The lowest BCUT2D eigenvalue weighted by molar-refractivity contribution is 0.0938. The van der Waals surface area contributed by atoms with Crippen molar-refractivity contribution in [3.05, 3.63) is 64.7 Å². The molecule has 1 aliphatic heterocycles. The third-order valence-electron chi connectivity index (χ3n) is 4.89. The highest BCUT2D eigenvalue weighted by Crippen LogP contribution is 2.29. The van der Waals surface area contributed by atoms with Crippen LogP contribution in [0.25, 0.3) is 0 Å². The molecule has 1 aliphatic rings. The number of nitrogens with one attached hydrogen (secondary N) is 1. The zero-order valence-corrected chi connectivity index (χ0v) is 16.5. The number of hydrogen-bond acceptors (Lipinski definition) is 3. The van der Waals surface area contributed by atoms with Crippen LogP contribution in [-0.4, -0.2) is 37.0 Å². The summed E-state index contributed by atoms with van der Waals surface area (Å²) in [4.78, 5) is 15.0. The van der Waals surface area contributed by atoms with E-state index in [0.717, 1.165) is 35.8 Å². The summed E-state index contributed by atoms with van der Waals surface area (Å²) in [5.74, 6) is 0.715. The Morgan fingerprint density at radius 3 is 2.52 bits per heavy atom. The molecule has 0 spiro atoms. The first-order valence-electron chi connectivity index (χ1n) is 9.68. The van der Waals surface area contributed by atoms with Crippen LogP contribution in [-0.2, 0) is 0 Å². The maximum absolute atomic E-state index is 12.6. The number of nitrogens with zero attached hydrogens (tertiary/aromatic N) is 1. The Morgan fingerprint density at radius 2 is 1.85 bits per heavy atom. The molecule has 0 aliphatic carbocycles. The Bertz CT molecular complexity index is 742. The normalized spacial score (nSPS) is 15.5. The van der Waals surface area contributed by atoms with Crippen molar-refractivity contribution in [1.82, 2.24) is 10.2 Å². The average molecular weight is 387 g/mol. The molecule has 4 nitrogen and oxygen atoms in total. The van der Waals surface area contributed by atoms with E-state index in [-0.39, 0.29) is 11.9 Å². The lowest BCUT2D eigenvalue weighted by Gasteiger charge is -2.29. The minimum atomic E-state index is -0.0757.